The zero-order chi connectivity index (χ0) is 12.5. The number of piperidine rings is 1. The van der Waals surface area contributed by atoms with E-state index < -0.39 is 0 Å². The van der Waals surface area contributed by atoms with Crippen LogP contribution >= 0.6 is 22.6 Å². The van der Waals surface area contributed by atoms with Crippen LogP contribution in [0.1, 0.15) is 25.7 Å². The van der Waals surface area contributed by atoms with E-state index >= 15 is 0 Å². The van der Waals surface area contributed by atoms with Crippen molar-refractivity contribution < 1.29 is 9.53 Å². The molecule has 0 radical (unpaired) electrons. The van der Waals surface area contributed by atoms with Crippen LogP contribution in [0, 0.1) is 3.57 Å². The van der Waals surface area contributed by atoms with Crippen LogP contribution in [0.15, 0.2) is 24.3 Å². The van der Waals surface area contributed by atoms with Crippen molar-refractivity contribution in [2.24, 2.45) is 0 Å². The van der Waals surface area contributed by atoms with Gasteiger partial charge in [0, 0.05) is 28.5 Å². The van der Waals surface area contributed by atoms with Gasteiger partial charge >= 0.3 is 0 Å². The van der Waals surface area contributed by atoms with E-state index in [1.54, 1.807) is 0 Å². The average Bonchev–Trinajstić information content (AvgIpc) is 2.62. The van der Waals surface area contributed by atoms with E-state index in [2.05, 4.69) is 34.7 Å². The number of hydrogen-bond acceptors (Lipinski definition) is 2. The molecule has 2 bridgehead atoms. The highest BCUT2D eigenvalue weighted by atomic mass is 127. The summed E-state index contributed by atoms with van der Waals surface area (Å²) in [5, 5.41) is 0. The van der Waals surface area contributed by atoms with Gasteiger partial charge < -0.3 is 9.64 Å². The summed E-state index contributed by atoms with van der Waals surface area (Å²) >= 11 is 2.29. The Bertz CT molecular complexity index is 420. The normalized spacial score (nSPS) is 30.3. The molecule has 1 aromatic carbocycles. The van der Waals surface area contributed by atoms with Crippen molar-refractivity contribution in [1.82, 2.24) is 4.90 Å². The third-order valence-electron chi connectivity index (χ3n) is 3.98. The molecule has 3 nitrogen and oxygen atoms in total. The molecular weight excluding hydrogens is 341 g/mol. The third kappa shape index (κ3) is 2.35. The minimum atomic E-state index is 0.263. The van der Waals surface area contributed by atoms with Gasteiger partial charge in [-0.15, -0.1) is 0 Å². The predicted molar refractivity (Wildman–Crippen MR) is 77.5 cm³/mol. The number of hydrogen-bond donors (Lipinski definition) is 0. The maximum absolute atomic E-state index is 11.0. The lowest BCUT2D eigenvalue weighted by atomic mass is 10.0. The second-order valence-corrected chi connectivity index (χ2v) is 6.35. The molecule has 4 heteroatoms. The van der Waals surface area contributed by atoms with Crippen molar-refractivity contribution in [3.8, 4) is 5.75 Å². The number of fused-ring (bicyclic) bond motifs is 2. The van der Waals surface area contributed by atoms with Crippen molar-refractivity contribution in [2.75, 3.05) is 0 Å². The van der Waals surface area contributed by atoms with E-state index in [9.17, 15) is 4.79 Å². The fourth-order valence-corrected chi connectivity index (χ4v) is 3.50. The average molecular weight is 357 g/mol. The molecule has 2 saturated heterocycles. The SMILES string of the molecule is O=CN1C2CCC1CC(Oc1ccc(I)cc1)C2. The number of nitrogens with zero attached hydrogens (tertiary/aromatic N) is 1. The molecule has 0 N–H and O–H groups in total. The van der Waals surface area contributed by atoms with Crippen molar-refractivity contribution in [2.45, 2.75) is 43.9 Å². The summed E-state index contributed by atoms with van der Waals surface area (Å²) in [5.74, 6) is 0.944. The molecule has 2 unspecified atom stereocenters. The Balaban J connectivity index is 1.66. The quantitative estimate of drug-likeness (QED) is 0.615. The van der Waals surface area contributed by atoms with Crippen LogP contribution < -0.4 is 4.74 Å². The predicted octanol–water partition coefficient (Wildman–Crippen LogP) is 2.82. The molecule has 2 aliphatic rings. The Morgan fingerprint density at radius 1 is 1.17 bits per heavy atom. The van der Waals surface area contributed by atoms with Crippen LogP contribution in [0.3, 0.4) is 0 Å². The van der Waals surface area contributed by atoms with Gasteiger partial charge in [0.2, 0.25) is 6.41 Å². The van der Waals surface area contributed by atoms with Gasteiger partial charge in [0.25, 0.3) is 0 Å². The Morgan fingerprint density at radius 2 is 1.78 bits per heavy atom. The summed E-state index contributed by atoms with van der Waals surface area (Å²) in [6.45, 7) is 0. The van der Waals surface area contributed by atoms with Gasteiger partial charge in [-0.3, -0.25) is 4.79 Å². The van der Waals surface area contributed by atoms with Gasteiger partial charge in [-0.1, -0.05) is 0 Å². The van der Waals surface area contributed by atoms with Crippen LogP contribution in [0.25, 0.3) is 0 Å². The fraction of sp³-hybridized carbons (Fsp3) is 0.500. The van der Waals surface area contributed by atoms with Crippen LogP contribution in [0.5, 0.6) is 5.75 Å². The second kappa shape index (κ2) is 5.07. The van der Waals surface area contributed by atoms with Crippen molar-refractivity contribution >= 4 is 29.0 Å². The molecule has 2 heterocycles. The first-order valence-corrected chi connectivity index (χ1v) is 7.49. The van der Waals surface area contributed by atoms with Crippen LogP contribution in [0.4, 0.5) is 0 Å². The van der Waals surface area contributed by atoms with Crippen LogP contribution in [-0.2, 0) is 4.79 Å². The lowest BCUT2D eigenvalue weighted by molar-refractivity contribution is -0.123. The van der Waals surface area contributed by atoms with Gasteiger partial charge in [-0.2, -0.15) is 0 Å². The molecule has 18 heavy (non-hydrogen) atoms. The zero-order valence-corrected chi connectivity index (χ0v) is 12.2. The minimum absolute atomic E-state index is 0.263. The molecule has 96 valence electrons. The summed E-state index contributed by atoms with van der Waals surface area (Å²) in [5.41, 5.74) is 0. The molecule has 2 fully saturated rings. The first-order valence-electron chi connectivity index (χ1n) is 6.41. The highest BCUT2D eigenvalue weighted by Crippen LogP contribution is 2.36. The maximum atomic E-state index is 11.0. The Morgan fingerprint density at radius 3 is 2.33 bits per heavy atom. The molecule has 0 saturated carbocycles. The summed E-state index contributed by atoms with van der Waals surface area (Å²) in [4.78, 5) is 13.0. The summed E-state index contributed by atoms with van der Waals surface area (Å²) in [6.07, 6.45) is 5.50. The Kier molecular flexibility index (Phi) is 3.46. The molecule has 0 aliphatic carbocycles. The van der Waals surface area contributed by atoms with Gasteiger partial charge in [-0.25, -0.2) is 0 Å². The summed E-state index contributed by atoms with van der Waals surface area (Å²) < 4.78 is 7.26. The summed E-state index contributed by atoms with van der Waals surface area (Å²) in [7, 11) is 0. The van der Waals surface area contributed by atoms with E-state index in [0.717, 1.165) is 37.8 Å². The van der Waals surface area contributed by atoms with E-state index in [0.29, 0.717) is 12.1 Å². The zero-order valence-electron chi connectivity index (χ0n) is 10.1. The molecule has 3 rings (SSSR count). The lowest BCUT2D eigenvalue weighted by Crippen LogP contribution is -2.45. The minimum Gasteiger partial charge on any atom is -0.490 e. The topological polar surface area (TPSA) is 29.5 Å². The number of ether oxygens (including phenoxy) is 1. The number of carbonyl (C=O) groups is 1. The number of benzene rings is 1. The highest BCUT2D eigenvalue weighted by molar-refractivity contribution is 14.1. The molecule has 0 aromatic heterocycles. The molecule has 0 spiro atoms. The second-order valence-electron chi connectivity index (χ2n) is 5.10. The van der Waals surface area contributed by atoms with Crippen LogP contribution in [-0.4, -0.2) is 29.5 Å². The fourth-order valence-electron chi connectivity index (χ4n) is 3.14. The van der Waals surface area contributed by atoms with E-state index in [1.165, 1.54) is 3.57 Å². The molecule has 2 atom stereocenters. The largest absolute Gasteiger partial charge is 0.490 e. The smallest absolute Gasteiger partial charge is 0.210 e. The Hall–Kier alpha value is -0.780. The monoisotopic (exact) mass is 357 g/mol. The molecular formula is C14H16INO2. The number of rotatable bonds is 3. The standard InChI is InChI=1S/C14H16INO2/c15-10-1-5-13(6-2-10)18-14-7-11-3-4-12(8-14)16(11)9-17/h1-2,5-6,9,11-12,14H,3-4,7-8H2. The number of amides is 1. The molecule has 2 aliphatic heterocycles. The summed E-state index contributed by atoms with van der Waals surface area (Å²) in [6, 6.07) is 8.96. The Labute approximate surface area is 121 Å². The van der Waals surface area contributed by atoms with Gasteiger partial charge in [0.05, 0.1) is 0 Å². The van der Waals surface area contributed by atoms with E-state index in [4.69, 9.17) is 4.74 Å². The molecule has 1 aromatic rings. The first kappa shape index (κ1) is 12.3. The molecule has 1 amide bonds. The lowest BCUT2D eigenvalue weighted by Gasteiger charge is -2.36. The van der Waals surface area contributed by atoms with Crippen molar-refractivity contribution in [3.05, 3.63) is 27.8 Å². The van der Waals surface area contributed by atoms with Crippen LogP contribution in [0.2, 0.25) is 0 Å². The third-order valence-corrected chi connectivity index (χ3v) is 4.70. The number of carbonyl (C=O) groups excluding carboxylic acids is 1. The highest BCUT2D eigenvalue weighted by Gasteiger charge is 2.40. The van der Waals surface area contributed by atoms with Crippen molar-refractivity contribution in [3.63, 3.8) is 0 Å². The maximum Gasteiger partial charge on any atom is 0.210 e. The van der Waals surface area contributed by atoms with Gasteiger partial charge in [-0.05, 0) is 59.7 Å². The van der Waals surface area contributed by atoms with Crippen molar-refractivity contribution in [1.29, 1.82) is 0 Å². The van der Waals surface area contributed by atoms with E-state index in [1.807, 2.05) is 17.0 Å². The number of halogens is 1. The van der Waals surface area contributed by atoms with Gasteiger partial charge in [0.15, 0.2) is 0 Å². The first-order chi connectivity index (χ1) is 8.76. The van der Waals surface area contributed by atoms with Gasteiger partial charge in [0.1, 0.15) is 11.9 Å². The van der Waals surface area contributed by atoms with E-state index in [-0.39, 0.29) is 6.10 Å².